The fraction of sp³-hybridized carbons (Fsp3) is 0.455. The average molecular weight is 679 g/mol. The van der Waals surface area contributed by atoms with Gasteiger partial charge in [0.15, 0.2) is 0 Å². The second kappa shape index (κ2) is 21.1. The zero-order valence-electron chi connectivity index (χ0n) is 30.3. The topological polar surface area (TPSA) is 61.0 Å². The fourth-order valence-corrected chi connectivity index (χ4v) is 7.01. The molecule has 6 heteroatoms. The molecule has 0 aliphatic carbocycles. The first kappa shape index (κ1) is 37.9. The number of nitrogens with one attached hydrogen (secondary N) is 2. The van der Waals surface area contributed by atoms with Gasteiger partial charge in [0.1, 0.15) is 0 Å². The number of rotatable bonds is 21. The molecule has 7 unspecified atom stereocenters. The van der Waals surface area contributed by atoms with Gasteiger partial charge in [0.25, 0.3) is 0 Å². The van der Waals surface area contributed by atoms with E-state index in [2.05, 4.69) is 153 Å². The molecule has 5 rings (SSSR count). The first-order chi connectivity index (χ1) is 24.6. The van der Waals surface area contributed by atoms with Crippen molar-refractivity contribution in [3.63, 3.8) is 0 Å². The van der Waals surface area contributed by atoms with Crippen molar-refractivity contribution in [1.29, 1.82) is 0 Å². The number of piperidine rings is 1. The summed E-state index contributed by atoms with van der Waals surface area (Å²) in [5, 5.41) is 7.88. The molecule has 0 radical (unpaired) electrons. The molecule has 4 aromatic carbocycles. The van der Waals surface area contributed by atoms with E-state index in [-0.39, 0.29) is 36.2 Å². The number of hydrogen-bond donors (Lipinski definition) is 2. The van der Waals surface area contributed by atoms with Gasteiger partial charge in [-0.1, -0.05) is 142 Å². The predicted octanol–water partition coefficient (Wildman–Crippen LogP) is 9.04. The molecule has 0 amide bonds. The Labute approximate surface area is 300 Å². The normalized spacial score (nSPS) is 21.0. The van der Waals surface area contributed by atoms with Gasteiger partial charge < -0.3 is 29.6 Å². The van der Waals surface area contributed by atoms with Crippen LogP contribution >= 0.6 is 0 Å². The third-order valence-electron chi connectivity index (χ3n) is 9.78. The van der Waals surface area contributed by atoms with Gasteiger partial charge in [-0.25, -0.2) is 0 Å². The summed E-state index contributed by atoms with van der Waals surface area (Å²) in [6.07, 6.45) is 2.99. The molecule has 1 heterocycles. The highest BCUT2D eigenvalue weighted by atomic mass is 16.5. The molecule has 7 atom stereocenters. The van der Waals surface area contributed by atoms with Gasteiger partial charge in [0.2, 0.25) is 0 Å². The molecule has 268 valence electrons. The molecule has 0 bridgehead atoms. The van der Waals surface area contributed by atoms with Crippen molar-refractivity contribution in [3.05, 3.63) is 144 Å². The summed E-state index contributed by atoms with van der Waals surface area (Å²) in [5.41, 5.74) is 5.09. The summed E-state index contributed by atoms with van der Waals surface area (Å²) in [5.74, 6) is 0.585. The van der Waals surface area contributed by atoms with E-state index < -0.39 is 0 Å². The maximum absolute atomic E-state index is 6.64. The molecule has 1 fully saturated rings. The third kappa shape index (κ3) is 11.6. The Bertz CT molecular complexity index is 1440. The van der Waals surface area contributed by atoms with Crippen LogP contribution in [0, 0.1) is 11.8 Å². The first-order valence-corrected chi connectivity index (χ1v) is 18.7. The summed E-state index contributed by atoms with van der Waals surface area (Å²) in [4.78, 5) is 0. The molecular weight excluding hydrogens is 620 g/mol. The molecule has 1 saturated heterocycles. The van der Waals surface area contributed by atoms with Gasteiger partial charge in [0.05, 0.1) is 38.6 Å². The lowest BCUT2D eigenvalue weighted by Crippen LogP contribution is -2.44. The molecule has 1 aliphatic rings. The number of hydrogen-bond acceptors (Lipinski definition) is 6. The van der Waals surface area contributed by atoms with Gasteiger partial charge in [-0.3, -0.25) is 0 Å². The summed E-state index contributed by atoms with van der Waals surface area (Å²) in [7, 11) is 0. The van der Waals surface area contributed by atoms with Gasteiger partial charge in [-0.05, 0) is 47.4 Å². The van der Waals surface area contributed by atoms with E-state index in [4.69, 9.17) is 18.9 Å². The Balaban J connectivity index is 1.14. The average Bonchev–Trinajstić information content (AvgIpc) is 3.17. The van der Waals surface area contributed by atoms with E-state index in [1.807, 2.05) is 0 Å². The van der Waals surface area contributed by atoms with Crippen LogP contribution in [0.5, 0.6) is 0 Å². The van der Waals surface area contributed by atoms with Crippen molar-refractivity contribution >= 4 is 0 Å². The van der Waals surface area contributed by atoms with Crippen LogP contribution in [0.4, 0.5) is 0 Å². The SMILES string of the molecule is CCCOCCOCC(NC(c1ccccc1)C(C)COCCCOC1CC(c2ccccc2)NC(c2ccccc2)C1C)c1ccccc1. The molecule has 50 heavy (non-hydrogen) atoms. The lowest BCUT2D eigenvalue weighted by atomic mass is 9.81. The lowest BCUT2D eigenvalue weighted by Gasteiger charge is -2.42. The molecule has 1 aliphatic heterocycles. The standard InChI is InChI=1S/C44H58N2O4/c1-4-26-47-29-30-49-33-41(37-20-11-6-12-21-37)46-43(38-22-13-7-14-23-38)34(2)32-48-27-17-28-50-42-31-40(36-18-9-5-10-19-36)45-44(35(42)3)39-24-15-8-16-25-39/h5-16,18-25,34-35,40-46H,4,17,26-33H2,1-3H3. The van der Waals surface area contributed by atoms with E-state index in [1.54, 1.807) is 0 Å². The van der Waals surface area contributed by atoms with E-state index in [9.17, 15) is 0 Å². The van der Waals surface area contributed by atoms with Crippen LogP contribution < -0.4 is 10.6 Å². The van der Waals surface area contributed by atoms with E-state index in [0.717, 1.165) is 25.9 Å². The Morgan fingerprint density at radius 3 is 1.90 bits per heavy atom. The zero-order valence-corrected chi connectivity index (χ0v) is 30.3. The van der Waals surface area contributed by atoms with E-state index in [0.29, 0.717) is 45.6 Å². The van der Waals surface area contributed by atoms with Crippen LogP contribution in [-0.4, -0.2) is 52.4 Å². The largest absolute Gasteiger partial charge is 0.381 e. The summed E-state index contributed by atoms with van der Waals surface area (Å²) >= 11 is 0. The third-order valence-corrected chi connectivity index (χ3v) is 9.78. The number of benzene rings is 4. The highest BCUT2D eigenvalue weighted by Crippen LogP contribution is 2.38. The van der Waals surface area contributed by atoms with Gasteiger partial charge in [-0.2, -0.15) is 0 Å². The van der Waals surface area contributed by atoms with Crippen molar-refractivity contribution < 1.29 is 18.9 Å². The second-order valence-electron chi connectivity index (χ2n) is 13.6. The Morgan fingerprint density at radius 2 is 1.24 bits per heavy atom. The maximum Gasteiger partial charge on any atom is 0.0701 e. The molecule has 4 aromatic rings. The zero-order chi connectivity index (χ0) is 34.8. The van der Waals surface area contributed by atoms with Crippen LogP contribution in [-0.2, 0) is 18.9 Å². The van der Waals surface area contributed by atoms with Crippen molar-refractivity contribution in [1.82, 2.24) is 10.6 Å². The Hall–Kier alpha value is -3.36. The smallest absolute Gasteiger partial charge is 0.0701 e. The Kier molecular flexibility index (Phi) is 16.0. The lowest BCUT2D eigenvalue weighted by molar-refractivity contribution is -0.0365. The molecule has 0 aromatic heterocycles. The predicted molar refractivity (Wildman–Crippen MR) is 203 cm³/mol. The minimum atomic E-state index is 0.0369. The van der Waals surface area contributed by atoms with Crippen molar-refractivity contribution in [2.24, 2.45) is 11.8 Å². The first-order valence-electron chi connectivity index (χ1n) is 18.7. The van der Waals surface area contributed by atoms with E-state index >= 15 is 0 Å². The van der Waals surface area contributed by atoms with Crippen molar-refractivity contribution in [2.45, 2.75) is 70.3 Å². The fourth-order valence-electron chi connectivity index (χ4n) is 7.01. The monoisotopic (exact) mass is 678 g/mol. The molecule has 0 spiro atoms. The molecule has 2 N–H and O–H groups in total. The van der Waals surface area contributed by atoms with Crippen LogP contribution in [0.3, 0.4) is 0 Å². The van der Waals surface area contributed by atoms with Crippen molar-refractivity contribution in [2.75, 3.05) is 46.2 Å². The van der Waals surface area contributed by atoms with Crippen LogP contribution in [0.15, 0.2) is 121 Å². The van der Waals surface area contributed by atoms with Crippen LogP contribution in [0.2, 0.25) is 0 Å². The highest BCUT2D eigenvalue weighted by molar-refractivity contribution is 5.26. The van der Waals surface area contributed by atoms with Crippen LogP contribution in [0.25, 0.3) is 0 Å². The van der Waals surface area contributed by atoms with Gasteiger partial charge in [-0.15, -0.1) is 0 Å². The number of ether oxygens (including phenoxy) is 4. The maximum atomic E-state index is 6.64. The minimum absolute atomic E-state index is 0.0369. The molecule has 0 saturated carbocycles. The highest BCUT2D eigenvalue weighted by Gasteiger charge is 2.36. The molecular formula is C44H58N2O4. The minimum Gasteiger partial charge on any atom is -0.381 e. The van der Waals surface area contributed by atoms with Crippen LogP contribution in [0.1, 0.15) is 86.5 Å². The second-order valence-corrected chi connectivity index (χ2v) is 13.6. The summed E-state index contributed by atoms with van der Waals surface area (Å²) in [6.45, 7) is 11.2. The summed E-state index contributed by atoms with van der Waals surface area (Å²) < 4.78 is 24.7. The summed E-state index contributed by atoms with van der Waals surface area (Å²) in [6, 6.07) is 43.5. The Morgan fingerprint density at radius 1 is 0.660 bits per heavy atom. The van der Waals surface area contributed by atoms with E-state index in [1.165, 1.54) is 22.3 Å². The quantitative estimate of drug-likeness (QED) is 0.0858. The van der Waals surface area contributed by atoms with Crippen molar-refractivity contribution in [3.8, 4) is 0 Å². The van der Waals surface area contributed by atoms with Gasteiger partial charge >= 0.3 is 0 Å². The van der Waals surface area contributed by atoms with Gasteiger partial charge in [0, 0.05) is 43.9 Å². The molecule has 6 nitrogen and oxygen atoms in total.